The number of alkyl halides is 3. The number of nitrogens with two attached hydrogens (primary N) is 2. The number of aromatic nitrogens is 3. The lowest BCUT2D eigenvalue weighted by atomic mass is 9.77. The molecule has 2 atom stereocenters. The largest absolute Gasteiger partial charge is 0.403 e. The Balaban J connectivity index is 2.47. The minimum absolute atomic E-state index is 0.0127. The van der Waals surface area contributed by atoms with E-state index in [1.165, 1.54) is 0 Å². The second kappa shape index (κ2) is 7.61. The molecule has 9 heteroatoms. The van der Waals surface area contributed by atoms with Gasteiger partial charge >= 0.3 is 6.18 Å². The van der Waals surface area contributed by atoms with E-state index in [0.717, 1.165) is 25.3 Å². The quantitative estimate of drug-likeness (QED) is 0.692. The molecule has 2 aromatic heterocycles. The monoisotopic (exact) mass is 370 g/mol. The van der Waals surface area contributed by atoms with Crippen molar-refractivity contribution in [1.29, 1.82) is 0 Å². The van der Waals surface area contributed by atoms with Crippen LogP contribution in [0.4, 0.5) is 24.9 Å². The predicted molar refractivity (Wildman–Crippen MR) is 96.6 cm³/mol. The fraction of sp³-hybridized carbons (Fsp3) is 0.588. The van der Waals surface area contributed by atoms with E-state index in [0.29, 0.717) is 17.5 Å². The van der Waals surface area contributed by atoms with Crippen molar-refractivity contribution in [3.8, 4) is 0 Å². The molecule has 0 unspecified atom stereocenters. The van der Waals surface area contributed by atoms with Crippen molar-refractivity contribution in [1.82, 2.24) is 20.3 Å². The molecule has 0 saturated heterocycles. The number of nitrogens with zero attached hydrogens (tertiary/aromatic N) is 3. The Morgan fingerprint density at radius 1 is 1.19 bits per heavy atom. The van der Waals surface area contributed by atoms with Crippen LogP contribution in [0.15, 0.2) is 12.3 Å². The van der Waals surface area contributed by atoms with Gasteiger partial charge in [-0.3, -0.25) is 4.98 Å². The number of hydrogen-bond donors (Lipinski definition) is 3. The molecule has 0 aliphatic rings. The Morgan fingerprint density at radius 2 is 1.88 bits per heavy atom. The van der Waals surface area contributed by atoms with Gasteiger partial charge in [-0.25, -0.2) is 4.98 Å². The molecule has 0 aromatic carbocycles. The van der Waals surface area contributed by atoms with E-state index in [4.69, 9.17) is 11.5 Å². The van der Waals surface area contributed by atoms with Crippen molar-refractivity contribution in [2.45, 2.75) is 57.7 Å². The van der Waals surface area contributed by atoms with E-state index in [-0.39, 0.29) is 18.3 Å². The van der Waals surface area contributed by atoms with E-state index in [1.807, 2.05) is 13.8 Å². The maximum Gasteiger partial charge on any atom is 0.403 e. The molecule has 26 heavy (non-hydrogen) atoms. The normalized spacial score (nSPS) is 15.8. The molecule has 0 bridgehead atoms. The summed E-state index contributed by atoms with van der Waals surface area (Å²) in [6.07, 6.45) is -0.261. The number of nitrogen functional groups attached to an aromatic ring is 2. The SMILES string of the molecule is CCCC[C@@](C)(CN[C@@H](C)C(F)(F)F)c1ccnc2c(N)nc(N)nc12. The summed E-state index contributed by atoms with van der Waals surface area (Å²) in [7, 11) is 0. The van der Waals surface area contributed by atoms with Crippen LogP contribution >= 0.6 is 0 Å². The smallest absolute Gasteiger partial charge is 0.382 e. The summed E-state index contributed by atoms with van der Waals surface area (Å²) in [4.78, 5) is 12.4. The van der Waals surface area contributed by atoms with Crippen LogP contribution in [0, 0.1) is 0 Å². The minimum Gasteiger partial charge on any atom is -0.382 e. The van der Waals surface area contributed by atoms with Gasteiger partial charge in [-0.05, 0) is 25.0 Å². The molecule has 6 nitrogen and oxygen atoms in total. The van der Waals surface area contributed by atoms with E-state index in [1.54, 1.807) is 12.3 Å². The molecular formula is C17H25F3N6. The van der Waals surface area contributed by atoms with Gasteiger partial charge in [0.15, 0.2) is 5.82 Å². The van der Waals surface area contributed by atoms with Gasteiger partial charge in [-0.2, -0.15) is 18.2 Å². The van der Waals surface area contributed by atoms with Gasteiger partial charge in [0.25, 0.3) is 0 Å². The molecule has 0 saturated carbocycles. The van der Waals surface area contributed by atoms with Gasteiger partial charge in [0, 0.05) is 18.2 Å². The Labute approximate surface area is 150 Å². The minimum atomic E-state index is -4.30. The molecule has 0 aliphatic heterocycles. The maximum absolute atomic E-state index is 12.9. The van der Waals surface area contributed by atoms with E-state index in [9.17, 15) is 13.2 Å². The first kappa shape index (κ1) is 20.2. The van der Waals surface area contributed by atoms with Crippen molar-refractivity contribution in [2.75, 3.05) is 18.0 Å². The van der Waals surface area contributed by atoms with E-state index < -0.39 is 17.6 Å². The van der Waals surface area contributed by atoms with Crippen molar-refractivity contribution >= 4 is 22.8 Å². The molecule has 0 amide bonds. The summed E-state index contributed by atoms with van der Waals surface area (Å²) in [5.74, 6) is 0.169. The number of unbranched alkanes of at least 4 members (excludes halogenated alkanes) is 1. The zero-order chi connectivity index (χ0) is 19.5. The highest BCUT2D eigenvalue weighted by Gasteiger charge is 2.38. The van der Waals surface area contributed by atoms with Gasteiger partial charge in [-0.15, -0.1) is 0 Å². The zero-order valence-electron chi connectivity index (χ0n) is 15.2. The average Bonchev–Trinajstić information content (AvgIpc) is 2.56. The Kier molecular flexibility index (Phi) is 5.90. The van der Waals surface area contributed by atoms with Crippen LogP contribution in [0.1, 0.15) is 45.6 Å². The van der Waals surface area contributed by atoms with Gasteiger partial charge in [0.1, 0.15) is 17.1 Å². The van der Waals surface area contributed by atoms with Crippen LogP contribution in [-0.4, -0.2) is 33.7 Å². The first-order valence-electron chi connectivity index (χ1n) is 8.57. The Bertz CT molecular complexity index is 764. The van der Waals surface area contributed by atoms with Gasteiger partial charge in [0.05, 0.1) is 0 Å². The number of halogens is 3. The summed E-state index contributed by atoms with van der Waals surface area (Å²) in [6, 6.07) is 0.158. The van der Waals surface area contributed by atoms with Crippen molar-refractivity contribution < 1.29 is 13.2 Å². The van der Waals surface area contributed by atoms with Crippen molar-refractivity contribution in [2.24, 2.45) is 0 Å². The number of hydrogen-bond acceptors (Lipinski definition) is 6. The summed E-state index contributed by atoms with van der Waals surface area (Å²) in [5, 5.41) is 2.61. The molecule has 0 fully saturated rings. The lowest BCUT2D eigenvalue weighted by Gasteiger charge is -2.33. The molecule has 0 radical (unpaired) electrons. The fourth-order valence-corrected chi connectivity index (χ4v) is 2.94. The highest BCUT2D eigenvalue weighted by atomic mass is 19.4. The third-order valence-electron chi connectivity index (χ3n) is 4.65. The molecule has 2 rings (SSSR count). The third-order valence-corrected chi connectivity index (χ3v) is 4.65. The van der Waals surface area contributed by atoms with Crippen LogP contribution in [0.2, 0.25) is 0 Å². The highest BCUT2D eigenvalue weighted by Crippen LogP contribution is 2.34. The molecule has 5 N–H and O–H groups in total. The van der Waals surface area contributed by atoms with Crippen LogP contribution in [0.25, 0.3) is 11.0 Å². The molecule has 2 aromatic rings. The van der Waals surface area contributed by atoms with E-state index in [2.05, 4.69) is 20.3 Å². The van der Waals surface area contributed by atoms with Crippen molar-refractivity contribution in [3.63, 3.8) is 0 Å². The van der Waals surface area contributed by atoms with Gasteiger partial charge in [-0.1, -0.05) is 26.7 Å². The summed E-state index contributed by atoms with van der Waals surface area (Å²) in [5.41, 5.74) is 12.7. The van der Waals surface area contributed by atoms with Crippen LogP contribution in [0.5, 0.6) is 0 Å². The number of anilines is 2. The zero-order valence-corrected chi connectivity index (χ0v) is 15.2. The topological polar surface area (TPSA) is 103 Å². The first-order chi connectivity index (χ1) is 12.1. The number of rotatable bonds is 7. The average molecular weight is 370 g/mol. The molecule has 0 aliphatic carbocycles. The second-order valence-corrected chi connectivity index (χ2v) is 6.83. The molecular weight excluding hydrogens is 345 g/mol. The molecule has 144 valence electrons. The Morgan fingerprint density at radius 3 is 2.50 bits per heavy atom. The highest BCUT2D eigenvalue weighted by molar-refractivity contribution is 5.88. The second-order valence-electron chi connectivity index (χ2n) is 6.83. The summed E-state index contributed by atoms with van der Waals surface area (Å²) < 4.78 is 38.7. The molecule has 0 spiro atoms. The van der Waals surface area contributed by atoms with E-state index >= 15 is 0 Å². The maximum atomic E-state index is 12.9. The fourth-order valence-electron chi connectivity index (χ4n) is 2.94. The van der Waals surface area contributed by atoms with Crippen molar-refractivity contribution in [3.05, 3.63) is 17.8 Å². The number of fused-ring (bicyclic) bond motifs is 1. The van der Waals surface area contributed by atoms with Crippen LogP contribution < -0.4 is 16.8 Å². The van der Waals surface area contributed by atoms with Gasteiger partial charge < -0.3 is 16.8 Å². The number of nitrogens with one attached hydrogen (secondary N) is 1. The number of pyridine rings is 1. The standard InChI is InChI=1S/C17H25F3N6/c1-4-5-7-16(3,9-24-10(2)17(18,19)20)11-6-8-23-13-12(11)25-15(22)26-14(13)21/h6,8,10,24H,4-5,7,9H2,1-3H3,(H4,21,22,25,26)/t10-,16-/m0/s1. The van der Waals surface area contributed by atoms with Gasteiger partial charge in [0.2, 0.25) is 5.95 Å². The molecule has 2 heterocycles. The lowest BCUT2D eigenvalue weighted by Crippen LogP contribution is -2.46. The van der Waals surface area contributed by atoms with Crippen LogP contribution in [0.3, 0.4) is 0 Å². The summed E-state index contributed by atoms with van der Waals surface area (Å²) in [6.45, 7) is 5.21. The predicted octanol–water partition coefficient (Wildman–Crippen LogP) is 3.18. The lowest BCUT2D eigenvalue weighted by molar-refractivity contribution is -0.152. The van der Waals surface area contributed by atoms with Crippen LogP contribution in [-0.2, 0) is 5.41 Å². The first-order valence-corrected chi connectivity index (χ1v) is 8.57. The summed E-state index contributed by atoms with van der Waals surface area (Å²) >= 11 is 0. The third kappa shape index (κ3) is 4.32. The Hall–Kier alpha value is -2.16.